The Bertz CT molecular complexity index is 1680. The molecule has 3 saturated carbocycles. The molecule has 48 heavy (non-hydrogen) atoms. The zero-order valence-corrected chi connectivity index (χ0v) is 32.2. The smallest absolute Gasteiger partial charge is 0.124 e. The molecule has 0 spiro atoms. The molecule has 254 valence electrons. The molecule has 2 nitrogen and oxygen atoms in total. The summed E-state index contributed by atoms with van der Waals surface area (Å²) in [5, 5.41) is -0.133. The molecule has 0 bridgehead atoms. The monoisotopic (exact) mass is 698 g/mol. The van der Waals surface area contributed by atoms with Crippen molar-refractivity contribution in [1.82, 2.24) is 0 Å². The van der Waals surface area contributed by atoms with E-state index in [0.29, 0.717) is 11.3 Å². The maximum atomic E-state index is 8.75. The Balaban J connectivity index is 1.57. The van der Waals surface area contributed by atoms with Gasteiger partial charge in [0.25, 0.3) is 0 Å². The van der Waals surface area contributed by atoms with Crippen molar-refractivity contribution in [1.29, 1.82) is 0 Å². The van der Waals surface area contributed by atoms with Crippen molar-refractivity contribution in [2.24, 2.45) is 0 Å². The first-order chi connectivity index (χ1) is 23.0. The van der Waals surface area contributed by atoms with Crippen molar-refractivity contribution >= 4 is 47.3 Å². The molecule has 0 amide bonds. The van der Waals surface area contributed by atoms with Gasteiger partial charge in [0, 0.05) is 18.0 Å². The van der Waals surface area contributed by atoms with Crippen molar-refractivity contribution in [2.75, 3.05) is 9.80 Å². The van der Waals surface area contributed by atoms with Gasteiger partial charge in [-0.2, -0.15) is 0 Å². The van der Waals surface area contributed by atoms with Crippen molar-refractivity contribution in [3.05, 3.63) is 117 Å². The molecule has 1 heterocycles. The number of alkyl halides is 2. The van der Waals surface area contributed by atoms with Gasteiger partial charge in [0.2, 0.25) is 0 Å². The standard InChI is InChI=1S/C43H53Cl2N2P/c1-29-24-31(3)40(32(4)25-29)46-22-23-47(41-33(5)26-30(2)27-34(41)6)42(46)39-38(44)20-21-43(39,45)48(36-16-10-11-17-36,37-18-12-13-19-37)28-35-14-8-7-9-15-35/h7-9,14-15,22-28,36-38H,10-13,16-21H2,1-6H3. The maximum absolute atomic E-state index is 8.75. The third kappa shape index (κ3) is 5.63. The van der Waals surface area contributed by atoms with E-state index in [0.717, 1.165) is 12.8 Å². The first-order valence-corrected chi connectivity index (χ1v) is 21.2. The molecule has 3 fully saturated rings. The van der Waals surface area contributed by atoms with Crippen molar-refractivity contribution in [2.45, 2.75) is 127 Å². The number of anilines is 2. The van der Waals surface area contributed by atoms with Gasteiger partial charge in [0.1, 0.15) is 5.82 Å². The van der Waals surface area contributed by atoms with E-state index in [1.807, 2.05) is 0 Å². The molecule has 7 rings (SSSR count). The van der Waals surface area contributed by atoms with Crippen molar-refractivity contribution in [3.8, 4) is 0 Å². The van der Waals surface area contributed by atoms with Crippen LogP contribution in [-0.4, -0.2) is 27.1 Å². The van der Waals surface area contributed by atoms with Crippen LogP contribution in [0.15, 0.2) is 78.4 Å². The second-order valence-electron chi connectivity index (χ2n) is 15.3. The van der Waals surface area contributed by atoms with Gasteiger partial charge >= 0.3 is 0 Å². The molecule has 0 N–H and O–H groups in total. The Morgan fingerprint density at radius 3 is 1.54 bits per heavy atom. The quantitative estimate of drug-likeness (QED) is 0.187. The number of hydrogen-bond acceptors (Lipinski definition) is 2. The van der Waals surface area contributed by atoms with Crippen LogP contribution in [0.1, 0.15) is 103 Å². The van der Waals surface area contributed by atoms with Gasteiger partial charge in [-0.1, -0.05) is 104 Å². The Kier molecular flexibility index (Phi) is 9.51. The predicted molar refractivity (Wildman–Crippen MR) is 213 cm³/mol. The number of halogens is 2. The highest BCUT2D eigenvalue weighted by Crippen LogP contribution is 2.79. The number of nitrogens with zero attached hydrogens (tertiary/aromatic N) is 2. The molecule has 3 aliphatic carbocycles. The third-order valence-corrected chi connectivity index (χ3v) is 19.5. The molecule has 3 aromatic carbocycles. The van der Waals surface area contributed by atoms with E-state index in [9.17, 15) is 0 Å². The lowest BCUT2D eigenvalue weighted by Crippen LogP contribution is -2.38. The first kappa shape index (κ1) is 34.1. The van der Waals surface area contributed by atoms with Crippen LogP contribution in [0.2, 0.25) is 0 Å². The molecule has 4 aliphatic rings. The summed E-state index contributed by atoms with van der Waals surface area (Å²) in [6.07, 6.45) is 16.8. The molecule has 0 saturated heterocycles. The summed E-state index contributed by atoms with van der Waals surface area (Å²) >= 11 is 16.5. The Hall–Kier alpha value is -2.38. The van der Waals surface area contributed by atoms with Crippen LogP contribution in [0.5, 0.6) is 0 Å². The number of benzene rings is 3. The lowest BCUT2D eigenvalue weighted by molar-refractivity contribution is 0.766. The fourth-order valence-corrected chi connectivity index (χ4v) is 18.8. The average molecular weight is 700 g/mol. The minimum Gasteiger partial charge on any atom is -0.301 e. The Morgan fingerprint density at radius 2 is 1.10 bits per heavy atom. The summed E-state index contributed by atoms with van der Waals surface area (Å²) in [5.41, 5.74) is 14.1. The predicted octanol–water partition coefficient (Wildman–Crippen LogP) is 12.6. The van der Waals surface area contributed by atoms with E-state index in [1.165, 1.54) is 113 Å². The highest BCUT2D eigenvalue weighted by atomic mass is 35.5. The summed E-state index contributed by atoms with van der Waals surface area (Å²) in [5.74, 6) is 3.96. The Labute approximate surface area is 300 Å². The van der Waals surface area contributed by atoms with E-state index in [1.54, 1.807) is 0 Å². The van der Waals surface area contributed by atoms with Gasteiger partial charge < -0.3 is 9.80 Å². The number of hydrogen-bond donors (Lipinski definition) is 0. The average Bonchev–Trinajstić information content (AvgIpc) is 3.86. The maximum Gasteiger partial charge on any atom is 0.124 e. The molecule has 0 radical (unpaired) electrons. The lowest BCUT2D eigenvalue weighted by atomic mass is 10.0. The highest BCUT2D eigenvalue weighted by molar-refractivity contribution is 7.79. The molecule has 0 aromatic heterocycles. The zero-order valence-electron chi connectivity index (χ0n) is 29.8. The molecule has 2 atom stereocenters. The van der Waals surface area contributed by atoms with Crippen LogP contribution in [0.4, 0.5) is 11.4 Å². The van der Waals surface area contributed by atoms with E-state index in [4.69, 9.17) is 23.2 Å². The van der Waals surface area contributed by atoms with Gasteiger partial charge in [0.15, 0.2) is 0 Å². The highest BCUT2D eigenvalue weighted by Gasteiger charge is 2.59. The fourth-order valence-electron chi connectivity index (χ4n) is 10.3. The van der Waals surface area contributed by atoms with E-state index in [2.05, 4.69) is 124 Å². The van der Waals surface area contributed by atoms with Gasteiger partial charge in [0.05, 0.1) is 21.4 Å². The molecular formula is C43H53Cl2N2P. The summed E-state index contributed by atoms with van der Waals surface area (Å²) in [7, 11) is 0. The topological polar surface area (TPSA) is 6.48 Å². The van der Waals surface area contributed by atoms with Crippen LogP contribution in [0.25, 0.3) is 0 Å². The molecule has 5 heteroatoms. The van der Waals surface area contributed by atoms with Gasteiger partial charge in [-0.25, -0.2) is 0 Å². The van der Waals surface area contributed by atoms with Crippen LogP contribution >= 0.6 is 30.1 Å². The number of aryl methyl sites for hydroxylation is 6. The molecule has 1 aliphatic heterocycles. The third-order valence-electron chi connectivity index (χ3n) is 11.9. The van der Waals surface area contributed by atoms with Crippen LogP contribution in [0.3, 0.4) is 0 Å². The largest absolute Gasteiger partial charge is 0.301 e. The van der Waals surface area contributed by atoms with E-state index in [-0.39, 0.29) is 5.38 Å². The van der Waals surface area contributed by atoms with Crippen molar-refractivity contribution < 1.29 is 0 Å². The normalized spacial score (nSPS) is 23.7. The molecular weight excluding hydrogens is 646 g/mol. The summed E-state index contributed by atoms with van der Waals surface area (Å²) in [6.45, 7) is 11.4. The van der Waals surface area contributed by atoms with Gasteiger partial charge in [-0.05, 0) is 119 Å². The summed E-state index contributed by atoms with van der Waals surface area (Å²) in [6, 6.07) is 20.5. The van der Waals surface area contributed by atoms with E-state index >= 15 is 0 Å². The second-order valence-corrected chi connectivity index (χ2v) is 20.9. The minimum atomic E-state index is -2.00. The van der Waals surface area contributed by atoms with Gasteiger partial charge in [-0.3, -0.25) is 0 Å². The SMILES string of the molecule is Cc1cc(C)c(N2C=CN(c3c(C)cc(C)cc3C)C2=C2C(Cl)CCC2(Cl)P(=Cc2ccccc2)(C2CCCC2)C2CCCC2)c(C)c1. The minimum absolute atomic E-state index is 0.133. The van der Waals surface area contributed by atoms with Gasteiger partial charge in [-0.15, -0.1) is 23.2 Å². The molecule has 3 aromatic rings. The second kappa shape index (κ2) is 13.4. The van der Waals surface area contributed by atoms with Crippen LogP contribution < -0.4 is 9.80 Å². The molecule has 2 unspecified atom stereocenters. The first-order valence-electron chi connectivity index (χ1n) is 18.3. The fraction of sp³-hybridized carbons (Fsp3) is 0.465. The number of allylic oxidation sites excluding steroid dienone is 1. The number of rotatable bonds is 6. The lowest BCUT2D eigenvalue weighted by Gasteiger charge is -2.50. The Morgan fingerprint density at radius 1 is 0.667 bits per heavy atom. The van der Waals surface area contributed by atoms with Crippen molar-refractivity contribution in [3.63, 3.8) is 0 Å². The summed E-state index contributed by atoms with van der Waals surface area (Å²) in [4.78, 5) is 4.94. The zero-order chi connectivity index (χ0) is 33.8. The van der Waals surface area contributed by atoms with Crippen LogP contribution in [-0.2, 0) is 0 Å². The van der Waals surface area contributed by atoms with E-state index < -0.39 is 11.5 Å². The summed E-state index contributed by atoms with van der Waals surface area (Å²) < 4.78 is -0.518. The van der Waals surface area contributed by atoms with Crippen LogP contribution in [0, 0.1) is 41.5 Å².